The molecule has 0 unspecified atom stereocenters. The van der Waals surface area contributed by atoms with Gasteiger partial charge in [0, 0.05) is 10.5 Å². The Bertz CT molecular complexity index is 571. The maximum absolute atomic E-state index is 9.09. The zero-order chi connectivity index (χ0) is 12.3. The van der Waals surface area contributed by atoms with Crippen molar-refractivity contribution >= 4 is 11.8 Å². The summed E-state index contributed by atoms with van der Waals surface area (Å²) in [5.41, 5.74) is 3.47. The van der Waals surface area contributed by atoms with Crippen LogP contribution in [0.2, 0.25) is 0 Å². The van der Waals surface area contributed by atoms with E-state index in [1.54, 1.807) is 11.8 Å². The molecule has 0 amide bonds. The van der Waals surface area contributed by atoms with E-state index in [-0.39, 0.29) is 0 Å². The topological polar surface area (TPSA) is 36.7 Å². The lowest BCUT2D eigenvalue weighted by Gasteiger charge is -2.07. The van der Waals surface area contributed by atoms with Gasteiger partial charge in [-0.2, -0.15) is 5.26 Å². The van der Waals surface area contributed by atoms with Crippen LogP contribution in [-0.4, -0.2) is 11.2 Å². The smallest absolute Gasteiger partial charge is 0.102 e. The molecular weight excluding hydrogens is 228 g/mol. The normalized spacial score (nSPS) is 9.94. The van der Waals surface area contributed by atoms with Crippen molar-refractivity contribution < 1.29 is 0 Å². The van der Waals surface area contributed by atoms with Gasteiger partial charge in [0.1, 0.15) is 6.07 Å². The maximum Gasteiger partial charge on any atom is 0.102 e. The van der Waals surface area contributed by atoms with Gasteiger partial charge >= 0.3 is 0 Å². The summed E-state index contributed by atoms with van der Waals surface area (Å²) in [4.78, 5) is 5.47. The average Bonchev–Trinajstić information content (AvgIpc) is 2.38. The van der Waals surface area contributed by atoms with Gasteiger partial charge in [0.15, 0.2) is 0 Å². The van der Waals surface area contributed by atoms with Gasteiger partial charge in [-0.15, -0.1) is 11.8 Å². The fraction of sp³-hybridized carbons (Fsp3) is 0.143. The molecule has 17 heavy (non-hydrogen) atoms. The number of aromatic nitrogens is 1. The third kappa shape index (κ3) is 2.32. The van der Waals surface area contributed by atoms with Gasteiger partial charge in [-0.05, 0) is 19.2 Å². The van der Waals surface area contributed by atoms with Crippen LogP contribution in [0, 0.1) is 18.3 Å². The summed E-state index contributed by atoms with van der Waals surface area (Å²) < 4.78 is 0. The first-order valence-electron chi connectivity index (χ1n) is 5.27. The molecule has 0 saturated heterocycles. The van der Waals surface area contributed by atoms with E-state index in [1.807, 2.05) is 49.6 Å². The van der Waals surface area contributed by atoms with Crippen molar-refractivity contribution in [1.82, 2.24) is 4.98 Å². The van der Waals surface area contributed by atoms with Gasteiger partial charge in [0.05, 0.1) is 17.0 Å². The van der Waals surface area contributed by atoms with Crippen molar-refractivity contribution in [1.29, 1.82) is 5.26 Å². The number of nitrogens with zero attached hydrogens (tertiary/aromatic N) is 2. The average molecular weight is 240 g/mol. The molecule has 2 aromatic rings. The van der Waals surface area contributed by atoms with Crippen molar-refractivity contribution in [2.45, 2.75) is 11.8 Å². The minimum absolute atomic E-state index is 0.678. The molecule has 0 spiro atoms. The lowest BCUT2D eigenvalue weighted by atomic mass is 10.1. The molecule has 0 atom stereocenters. The largest absolute Gasteiger partial charge is 0.252 e. The molecule has 0 radical (unpaired) electrons. The molecule has 2 rings (SSSR count). The first-order chi connectivity index (χ1) is 8.26. The Kier molecular flexibility index (Phi) is 3.46. The lowest BCUT2D eigenvalue weighted by Crippen LogP contribution is -1.94. The van der Waals surface area contributed by atoms with Crippen LogP contribution < -0.4 is 0 Å². The molecule has 0 aliphatic carbocycles. The summed E-state index contributed by atoms with van der Waals surface area (Å²) in [5, 5.41) is 9.09. The van der Waals surface area contributed by atoms with E-state index in [0.717, 1.165) is 21.8 Å². The molecule has 84 valence electrons. The third-order valence-electron chi connectivity index (χ3n) is 2.57. The Morgan fingerprint density at radius 1 is 1.24 bits per heavy atom. The lowest BCUT2D eigenvalue weighted by molar-refractivity contribution is 1.14. The molecule has 0 saturated carbocycles. The molecule has 0 aliphatic heterocycles. The van der Waals surface area contributed by atoms with E-state index in [4.69, 9.17) is 5.26 Å². The van der Waals surface area contributed by atoms with Crippen molar-refractivity contribution in [3.05, 3.63) is 47.7 Å². The van der Waals surface area contributed by atoms with Gasteiger partial charge in [-0.25, -0.2) is 0 Å². The Morgan fingerprint density at radius 2 is 1.94 bits per heavy atom. The minimum Gasteiger partial charge on any atom is -0.252 e. The molecule has 1 heterocycles. The van der Waals surface area contributed by atoms with E-state index in [2.05, 4.69) is 11.1 Å². The number of hydrogen-bond donors (Lipinski definition) is 0. The van der Waals surface area contributed by atoms with Crippen LogP contribution in [0.15, 0.2) is 41.3 Å². The highest BCUT2D eigenvalue weighted by Crippen LogP contribution is 2.27. The Hall–Kier alpha value is -1.79. The number of benzene rings is 1. The van der Waals surface area contributed by atoms with E-state index >= 15 is 0 Å². The monoisotopic (exact) mass is 240 g/mol. The second kappa shape index (κ2) is 5.03. The van der Waals surface area contributed by atoms with Crippen LogP contribution in [0.25, 0.3) is 11.3 Å². The molecule has 1 aromatic heterocycles. The van der Waals surface area contributed by atoms with E-state index < -0.39 is 0 Å². The zero-order valence-electron chi connectivity index (χ0n) is 9.77. The highest BCUT2D eigenvalue weighted by atomic mass is 32.2. The van der Waals surface area contributed by atoms with Gasteiger partial charge in [0.2, 0.25) is 0 Å². The number of pyridine rings is 1. The van der Waals surface area contributed by atoms with Gasteiger partial charge in [-0.1, -0.05) is 30.3 Å². The molecule has 0 aliphatic rings. The van der Waals surface area contributed by atoms with Crippen molar-refractivity contribution in [3.8, 4) is 17.3 Å². The molecule has 2 nitrogen and oxygen atoms in total. The fourth-order valence-electron chi connectivity index (χ4n) is 1.70. The van der Waals surface area contributed by atoms with Gasteiger partial charge < -0.3 is 0 Å². The molecule has 0 bridgehead atoms. The summed E-state index contributed by atoms with van der Waals surface area (Å²) >= 11 is 1.58. The molecule has 1 aromatic carbocycles. The number of nitriles is 1. The summed E-state index contributed by atoms with van der Waals surface area (Å²) in [6, 6.07) is 14.2. The first-order valence-corrected chi connectivity index (χ1v) is 6.50. The van der Waals surface area contributed by atoms with Gasteiger partial charge in [-0.3, -0.25) is 4.98 Å². The van der Waals surface area contributed by atoms with Crippen LogP contribution in [0.4, 0.5) is 0 Å². The predicted octanol–water partition coefficient (Wildman–Crippen LogP) is 3.65. The number of aryl methyl sites for hydroxylation is 1. The van der Waals surface area contributed by atoms with Crippen molar-refractivity contribution in [3.63, 3.8) is 0 Å². The van der Waals surface area contributed by atoms with Crippen molar-refractivity contribution in [2.24, 2.45) is 0 Å². The highest BCUT2D eigenvalue weighted by molar-refractivity contribution is 7.98. The van der Waals surface area contributed by atoms with Crippen molar-refractivity contribution in [2.75, 3.05) is 6.26 Å². The predicted molar refractivity (Wildman–Crippen MR) is 70.9 cm³/mol. The Labute approximate surface area is 105 Å². The quantitative estimate of drug-likeness (QED) is 0.752. The maximum atomic E-state index is 9.09. The number of rotatable bonds is 2. The summed E-state index contributed by atoms with van der Waals surface area (Å²) in [5.74, 6) is 0. The Morgan fingerprint density at radius 3 is 2.53 bits per heavy atom. The van der Waals surface area contributed by atoms with E-state index in [1.165, 1.54) is 0 Å². The van der Waals surface area contributed by atoms with Gasteiger partial charge in [0.25, 0.3) is 0 Å². The second-order valence-corrected chi connectivity index (χ2v) is 4.50. The number of hydrogen-bond acceptors (Lipinski definition) is 3. The van der Waals surface area contributed by atoms with Crippen LogP contribution in [0.3, 0.4) is 0 Å². The summed E-state index contributed by atoms with van der Waals surface area (Å²) in [6.45, 7) is 1.88. The van der Waals surface area contributed by atoms with Crippen LogP contribution in [0.5, 0.6) is 0 Å². The van der Waals surface area contributed by atoms with Crippen LogP contribution >= 0.6 is 11.8 Å². The zero-order valence-corrected chi connectivity index (χ0v) is 10.6. The summed E-state index contributed by atoms with van der Waals surface area (Å²) in [6.07, 6.45) is 1.98. The fourth-order valence-corrected chi connectivity index (χ4v) is 2.32. The third-order valence-corrected chi connectivity index (χ3v) is 3.33. The second-order valence-electron chi connectivity index (χ2n) is 3.65. The van der Waals surface area contributed by atoms with Crippen LogP contribution in [0.1, 0.15) is 11.3 Å². The minimum atomic E-state index is 0.678. The highest BCUT2D eigenvalue weighted by Gasteiger charge is 2.09. The van der Waals surface area contributed by atoms with Crippen LogP contribution in [-0.2, 0) is 0 Å². The number of thioether (sulfide) groups is 1. The Balaban J connectivity index is 2.59. The SMILES string of the molecule is CSc1cc(-c2ccccc2)nc(C)c1C#N. The molecule has 0 N–H and O–H groups in total. The van der Waals surface area contributed by atoms with E-state index in [0.29, 0.717) is 5.56 Å². The molecule has 3 heteroatoms. The van der Waals surface area contributed by atoms with E-state index in [9.17, 15) is 0 Å². The summed E-state index contributed by atoms with van der Waals surface area (Å²) in [7, 11) is 0. The standard InChI is InChI=1S/C14H12N2S/c1-10-12(9-15)14(17-2)8-13(16-10)11-6-4-3-5-7-11/h3-8H,1-2H3. The first kappa shape index (κ1) is 11.7. The molecular formula is C14H12N2S. The molecule has 0 fully saturated rings.